The van der Waals surface area contributed by atoms with Crippen LogP contribution in [0.3, 0.4) is 0 Å². The molecular formula is C25H34N4O3. The molecule has 2 aliphatic heterocycles. The molecule has 7 heteroatoms. The van der Waals surface area contributed by atoms with E-state index >= 15 is 0 Å². The largest absolute Gasteiger partial charge is 0.378 e. The molecule has 32 heavy (non-hydrogen) atoms. The van der Waals surface area contributed by atoms with Gasteiger partial charge in [-0.25, -0.2) is 0 Å². The van der Waals surface area contributed by atoms with Gasteiger partial charge < -0.3 is 14.2 Å². The number of nitrogens with zero attached hydrogens (tertiary/aromatic N) is 4. The van der Waals surface area contributed by atoms with Crippen molar-refractivity contribution in [2.45, 2.75) is 57.4 Å². The second kappa shape index (κ2) is 9.32. The molecular weight excluding hydrogens is 404 g/mol. The van der Waals surface area contributed by atoms with Crippen LogP contribution in [0.15, 0.2) is 28.8 Å². The topological polar surface area (TPSA) is 71.7 Å². The zero-order valence-corrected chi connectivity index (χ0v) is 19.1. The van der Waals surface area contributed by atoms with E-state index in [0.717, 1.165) is 44.6 Å². The summed E-state index contributed by atoms with van der Waals surface area (Å²) in [6.07, 6.45) is 6.49. The normalized spacial score (nSPS) is 24.0. The average Bonchev–Trinajstić information content (AvgIpc) is 3.51. The molecule has 1 aromatic carbocycles. The third-order valence-electron chi connectivity index (χ3n) is 7.49. The van der Waals surface area contributed by atoms with E-state index in [1.54, 1.807) is 0 Å². The quantitative estimate of drug-likeness (QED) is 0.713. The fourth-order valence-electron chi connectivity index (χ4n) is 5.64. The van der Waals surface area contributed by atoms with Crippen molar-refractivity contribution in [1.29, 1.82) is 0 Å². The maximum absolute atomic E-state index is 12.9. The minimum absolute atomic E-state index is 0.0537. The summed E-state index contributed by atoms with van der Waals surface area (Å²) in [5.41, 5.74) is 2.43. The molecule has 172 valence electrons. The van der Waals surface area contributed by atoms with Gasteiger partial charge in [0.1, 0.15) is 0 Å². The fraction of sp³-hybridized carbons (Fsp3) is 0.640. The van der Waals surface area contributed by atoms with E-state index in [-0.39, 0.29) is 17.2 Å². The van der Waals surface area contributed by atoms with Crippen molar-refractivity contribution in [2.24, 2.45) is 5.92 Å². The molecule has 5 rings (SSSR count). The highest BCUT2D eigenvalue weighted by Crippen LogP contribution is 2.45. The number of benzene rings is 1. The lowest BCUT2D eigenvalue weighted by atomic mass is 9.78. The number of hydrogen-bond acceptors (Lipinski definition) is 6. The zero-order valence-electron chi connectivity index (χ0n) is 19.1. The number of piperidine rings is 1. The Bertz CT molecular complexity index is 914. The van der Waals surface area contributed by atoms with Crippen molar-refractivity contribution in [3.63, 3.8) is 0 Å². The first-order valence-electron chi connectivity index (χ1n) is 12.1. The van der Waals surface area contributed by atoms with E-state index in [0.29, 0.717) is 38.7 Å². The second-order valence-electron chi connectivity index (χ2n) is 9.68. The Labute approximate surface area is 190 Å². The van der Waals surface area contributed by atoms with Gasteiger partial charge in [0, 0.05) is 19.6 Å². The number of amides is 1. The Morgan fingerprint density at radius 1 is 1.09 bits per heavy atom. The third kappa shape index (κ3) is 4.33. The fourth-order valence-corrected chi connectivity index (χ4v) is 5.64. The first-order chi connectivity index (χ1) is 15.6. The molecule has 0 N–H and O–H groups in total. The molecule has 3 aliphatic rings. The van der Waals surface area contributed by atoms with Crippen LogP contribution >= 0.6 is 0 Å². The van der Waals surface area contributed by atoms with E-state index in [4.69, 9.17) is 14.2 Å². The van der Waals surface area contributed by atoms with Gasteiger partial charge in [-0.15, -0.1) is 0 Å². The third-order valence-corrected chi connectivity index (χ3v) is 7.49. The van der Waals surface area contributed by atoms with Gasteiger partial charge in [0.25, 0.3) is 0 Å². The Kier molecular flexibility index (Phi) is 6.28. The Morgan fingerprint density at radius 3 is 2.59 bits per heavy atom. The van der Waals surface area contributed by atoms with Crippen LogP contribution in [0.1, 0.15) is 61.4 Å². The van der Waals surface area contributed by atoms with Crippen LogP contribution in [-0.2, 0) is 21.5 Å². The number of hydrogen-bond donors (Lipinski definition) is 0. The molecule has 2 saturated heterocycles. The second-order valence-corrected chi connectivity index (χ2v) is 9.68. The van der Waals surface area contributed by atoms with Crippen LogP contribution < -0.4 is 0 Å². The highest BCUT2D eigenvalue weighted by molar-refractivity contribution is 5.79. The Balaban J connectivity index is 1.27. The molecule has 1 saturated carbocycles. The van der Waals surface area contributed by atoms with E-state index in [2.05, 4.69) is 41.2 Å². The maximum atomic E-state index is 12.9. The summed E-state index contributed by atoms with van der Waals surface area (Å²) in [5.74, 6) is 1.82. The first kappa shape index (κ1) is 21.6. The van der Waals surface area contributed by atoms with Gasteiger partial charge in [0.2, 0.25) is 11.8 Å². The van der Waals surface area contributed by atoms with Crippen molar-refractivity contribution in [1.82, 2.24) is 19.9 Å². The molecule has 0 unspecified atom stereocenters. The van der Waals surface area contributed by atoms with Crippen LogP contribution in [0, 0.1) is 12.8 Å². The number of aryl methyl sites for hydroxylation is 1. The predicted octanol–water partition coefficient (Wildman–Crippen LogP) is 3.31. The van der Waals surface area contributed by atoms with Crippen LogP contribution in [0.5, 0.6) is 0 Å². The molecule has 1 aliphatic carbocycles. The van der Waals surface area contributed by atoms with Gasteiger partial charge in [-0.05, 0) is 44.7 Å². The molecule has 2 aromatic rings. The molecule has 0 spiro atoms. The number of ether oxygens (including phenoxy) is 1. The van der Waals surface area contributed by atoms with E-state index in [1.165, 1.54) is 24.0 Å². The Hall–Kier alpha value is -2.25. The summed E-state index contributed by atoms with van der Waals surface area (Å²) in [4.78, 5) is 22.1. The predicted molar refractivity (Wildman–Crippen MR) is 120 cm³/mol. The van der Waals surface area contributed by atoms with Crippen molar-refractivity contribution in [3.05, 3.63) is 47.1 Å². The van der Waals surface area contributed by atoms with Crippen molar-refractivity contribution >= 4 is 5.91 Å². The lowest BCUT2D eigenvalue weighted by Crippen LogP contribution is -2.48. The van der Waals surface area contributed by atoms with Crippen molar-refractivity contribution in [3.8, 4) is 0 Å². The molecule has 1 aromatic heterocycles. The minimum Gasteiger partial charge on any atom is -0.378 e. The number of carbonyl (C=O) groups is 1. The summed E-state index contributed by atoms with van der Waals surface area (Å²) in [6.45, 7) is 7.18. The molecule has 1 amide bonds. The standard InChI is InChI=1S/C25H34N4O3/c1-19-6-8-21(9-7-19)25(10-2-3-11-25)24-26-22(32-27-24)18-28-12-4-5-20(17-28)23(30)29-13-15-31-16-14-29/h6-9,20H,2-5,10-18H2,1H3/t20-/m0/s1. The number of likely N-dealkylation sites (tertiary alicyclic amines) is 1. The van der Waals surface area contributed by atoms with Gasteiger partial charge in [-0.1, -0.05) is 47.8 Å². The number of carbonyl (C=O) groups excluding carboxylic acids is 1. The number of morpholine rings is 1. The van der Waals surface area contributed by atoms with Crippen LogP contribution in [0.25, 0.3) is 0 Å². The SMILES string of the molecule is Cc1ccc(C2(c3noc(CN4CCC[C@H](C(=O)N5CCOCC5)C4)n3)CCCC2)cc1. The summed E-state index contributed by atoms with van der Waals surface area (Å²) in [5, 5.41) is 4.46. The smallest absolute Gasteiger partial charge is 0.240 e. The molecule has 3 heterocycles. The van der Waals surface area contributed by atoms with Gasteiger partial charge >= 0.3 is 0 Å². The van der Waals surface area contributed by atoms with E-state index in [1.807, 2.05) is 4.90 Å². The van der Waals surface area contributed by atoms with Crippen LogP contribution in [0.2, 0.25) is 0 Å². The highest BCUT2D eigenvalue weighted by atomic mass is 16.5. The summed E-state index contributed by atoms with van der Waals surface area (Å²) < 4.78 is 11.1. The van der Waals surface area contributed by atoms with Crippen LogP contribution in [-0.4, -0.2) is 65.2 Å². The lowest BCUT2D eigenvalue weighted by Gasteiger charge is -2.35. The molecule has 1 atom stereocenters. The number of rotatable bonds is 5. The van der Waals surface area contributed by atoms with Gasteiger partial charge in [-0.3, -0.25) is 9.69 Å². The van der Waals surface area contributed by atoms with Crippen LogP contribution in [0.4, 0.5) is 0 Å². The average molecular weight is 439 g/mol. The summed E-state index contributed by atoms with van der Waals surface area (Å²) >= 11 is 0. The zero-order chi connectivity index (χ0) is 22.0. The first-order valence-corrected chi connectivity index (χ1v) is 12.1. The van der Waals surface area contributed by atoms with Gasteiger partial charge in [0.05, 0.1) is 31.1 Å². The molecule has 0 bridgehead atoms. The summed E-state index contributed by atoms with van der Waals surface area (Å²) in [6, 6.07) is 8.80. The molecule has 0 radical (unpaired) electrons. The number of aromatic nitrogens is 2. The molecule has 7 nitrogen and oxygen atoms in total. The van der Waals surface area contributed by atoms with E-state index in [9.17, 15) is 4.79 Å². The Morgan fingerprint density at radius 2 is 1.84 bits per heavy atom. The minimum atomic E-state index is -0.133. The summed E-state index contributed by atoms with van der Waals surface area (Å²) in [7, 11) is 0. The van der Waals surface area contributed by atoms with Crippen molar-refractivity contribution in [2.75, 3.05) is 39.4 Å². The maximum Gasteiger partial charge on any atom is 0.240 e. The van der Waals surface area contributed by atoms with Gasteiger partial charge in [-0.2, -0.15) is 4.98 Å². The molecule has 3 fully saturated rings. The monoisotopic (exact) mass is 438 g/mol. The highest BCUT2D eigenvalue weighted by Gasteiger charge is 2.41. The van der Waals surface area contributed by atoms with E-state index < -0.39 is 0 Å². The van der Waals surface area contributed by atoms with Gasteiger partial charge in [0.15, 0.2) is 5.82 Å². The van der Waals surface area contributed by atoms with Crippen molar-refractivity contribution < 1.29 is 14.1 Å². The lowest BCUT2D eigenvalue weighted by molar-refractivity contribution is -0.141.